The minimum Gasteiger partial charge on any atom is -0.475 e. The van der Waals surface area contributed by atoms with E-state index >= 15 is 0 Å². The Morgan fingerprint density at radius 2 is 1.89 bits per heavy atom. The number of carboxylic acid groups (broad SMARTS) is 1. The van der Waals surface area contributed by atoms with Crippen molar-refractivity contribution in [1.29, 1.82) is 0 Å². The molecule has 0 atom stereocenters. The van der Waals surface area contributed by atoms with Crippen LogP contribution in [0, 0.1) is 6.92 Å². The van der Waals surface area contributed by atoms with Crippen molar-refractivity contribution in [2.24, 2.45) is 0 Å². The van der Waals surface area contributed by atoms with E-state index in [1.54, 1.807) is 0 Å². The maximum Gasteiger partial charge on any atom is 0.490 e. The molecule has 0 saturated heterocycles. The molecule has 0 aliphatic rings. The van der Waals surface area contributed by atoms with Gasteiger partial charge in [0.2, 0.25) is 0 Å². The highest BCUT2D eigenvalue weighted by Gasteiger charge is 2.38. The standard InChI is InChI=1S/C15H15N3O2.C2HF3O2/c1-10-6-7-11(20-10)8-9-16-15(19)14-12-4-2-3-5-13(12)17-18-14;3-2(4,5)1(6)7/h2-7H,8-9H2,1H3,(H,16,19)(H,17,18);(H,6,7). The number of furan rings is 1. The maximum atomic E-state index is 12.1. The minimum atomic E-state index is -5.08. The molecular formula is C17H16F3N3O4. The van der Waals surface area contributed by atoms with Crippen LogP contribution in [0.1, 0.15) is 22.0 Å². The van der Waals surface area contributed by atoms with Crippen molar-refractivity contribution >= 4 is 22.8 Å². The van der Waals surface area contributed by atoms with E-state index in [0.717, 1.165) is 22.4 Å². The first kappa shape index (κ1) is 20.0. The topological polar surface area (TPSA) is 108 Å². The fourth-order valence-electron chi connectivity index (χ4n) is 2.14. The van der Waals surface area contributed by atoms with E-state index in [2.05, 4.69) is 15.5 Å². The number of benzene rings is 1. The van der Waals surface area contributed by atoms with Crippen LogP contribution in [0.5, 0.6) is 0 Å². The van der Waals surface area contributed by atoms with Gasteiger partial charge in [0.05, 0.1) is 5.52 Å². The summed E-state index contributed by atoms with van der Waals surface area (Å²) in [6, 6.07) is 11.4. The van der Waals surface area contributed by atoms with Crippen molar-refractivity contribution in [3.05, 3.63) is 53.6 Å². The van der Waals surface area contributed by atoms with Crippen molar-refractivity contribution in [2.45, 2.75) is 19.5 Å². The van der Waals surface area contributed by atoms with Gasteiger partial charge in [-0.2, -0.15) is 18.3 Å². The molecule has 0 aliphatic heterocycles. The molecule has 1 amide bonds. The molecule has 27 heavy (non-hydrogen) atoms. The van der Waals surface area contributed by atoms with E-state index in [9.17, 15) is 18.0 Å². The van der Waals surface area contributed by atoms with Gasteiger partial charge in [0, 0.05) is 18.4 Å². The summed E-state index contributed by atoms with van der Waals surface area (Å²) in [6.07, 6.45) is -4.41. The molecule has 0 fully saturated rings. The third kappa shape index (κ3) is 5.59. The largest absolute Gasteiger partial charge is 0.490 e. The van der Waals surface area contributed by atoms with Crippen LogP contribution in [0.2, 0.25) is 0 Å². The monoisotopic (exact) mass is 383 g/mol. The van der Waals surface area contributed by atoms with Gasteiger partial charge in [-0.05, 0) is 25.1 Å². The highest BCUT2D eigenvalue weighted by molar-refractivity contribution is 6.04. The smallest absolute Gasteiger partial charge is 0.475 e. The number of rotatable bonds is 4. The first-order valence-electron chi connectivity index (χ1n) is 7.75. The van der Waals surface area contributed by atoms with Gasteiger partial charge in [-0.25, -0.2) is 4.79 Å². The Morgan fingerprint density at radius 3 is 2.48 bits per heavy atom. The Morgan fingerprint density at radius 1 is 1.22 bits per heavy atom. The van der Waals surface area contributed by atoms with E-state index in [1.807, 2.05) is 43.3 Å². The highest BCUT2D eigenvalue weighted by Crippen LogP contribution is 2.15. The zero-order chi connectivity index (χ0) is 20.0. The van der Waals surface area contributed by atoms with Crippen LogP contribution >= 0.6 is 0 Å². The van der Waals surface area contributed by atoms with Crippen molar-refractivity contribution < 1.29 is 32.3 Å². The molecule has 2 aromatic heterocycles. The second-order valence-corrected chi connectivity index (χ2v) is 5.44. The number of fused-ring (bicyclic) bond motifs is 1. The van der Waals surface area contributed by atoms with Gasteiger partial charge in [0.15, 0.2) is 5.69 Å². The third-order valence-electron chi connectivity index (χ3n) is 3.38. The lowest BCUT2D eigenvalue weighted by Gasteiger charge is -2.01. The molecule has 144 valence electrons. The summed E-state index contributed by atoms with van der Waals surface area (Å²) in [4.78, 5) is 21.0. The van der Waals surface area contributed by atoms with Crippen LogP contribution in [0.15, 0.2) is 40.8 Å². The van der Waals surface area contributed by atoms with Crippen LogP contribution in [0.3, 0.4) is 0 Å². The number of hydrogen-bond acceptors (Lipinski definition) is 4. The molecule has 0 saturated carbocycles. The van der Waals surface area contributed by atoms with Gasteiger partial charge in [-0.3, -0.25) is 9.89 Å². The summed E-state index contributed by atoms with van der Waals surface area (Å²) in [6.45, 7) is 2.42. The van der Waals surface area contributed by atoms with E-state index in [1.165, 1.54) is 0 Å². The Hall–Kier alpha value is -3.30. The number of carbonyl (C=O) groups is 2. The Bertz CT molecular complexity index is 931. The SMILES string of the molecule is Cc1ccc(CCNC(=O)c2n[nH]c3ccccc23)o1.O=C(O)C(F)(F)F. The number of nitrogens with one attached hydrogen (secondary N) is 2. The predicted octanol–water partition coefficient (Wildman–Crippen LogP) is 3.07. The van der Waals surface area contributed by atoms with Crippen LogP contribution in [-0.4, -0.2) is 39.9 Å². The Labute approximate surface area is 151 Å². The van der Waals surface area contributed by atoms with Gasteiger partial charge in [-0.1, -0.05) is 18.2 Å². The van der Waals surface area contributed by atoms with Crippen molar-refractivity contribution in [3.63, 3.8) is 0 Å². The van der Waals surface area contributed by atoms with Gasteiger partial charge in [-0.15, -0.1) is 0 Å². The third-order valence-corrected chi connectivity index (χ3v) is 3.38. The average molecular weight is 383 g/mol. The summed E-state index contributed by atoms with van der Waals surface area (Å²) >= 11 is 0. The number of hydrogen-bond donors (Lipinski definition) is 3. The van der Waals surface area contributed by atoms with Crippen LogP contribution in [-0.2, 0) is 11.2 Å². The van der Waals surface area contributed by atoms with E-state index < -0.39 is 12.1 Å². The first-order valence-corrected chi connectivity index (χ1v) is 7.75. The summed E-state index contributed by atoms with van der Waals surface area (Å²) < 4.78 is 37.2. The second kappa shape index (κ2) is 8.39. The Balaban J connectivity index is 0.000000321. The maximum absolute atomic E-state index is 12.1. The summed E-state index contributed by atoms with van der Waals surface area (Å²) in [5.41, 5.74) is 1.29. The molecule has 0 aliphatic carbocycles. The lowest BCUT2D eigenvalue weighted by atomic mass is 10.2. The van der Waals surface area contributed by atoms with Crippen molar-refractivity contribution in [3.8, 4) is 0 Å². The number of carbonyl (C=O) groups excluding carboxylic acids is 1. The van der Waals surface area contributed by atoms with Crippen LogP contribution in [0.25, 0.3) is 10.9 Å². The Kier molecular flexibility index (Phi) is 6.22. The number of halogens is 3. The van der Waals surface area contributed by atoms with E-state index in [4.69, 9.17) is 14.3 Å². The summed E-state index contributed by atoms with van der Waals surface area (Å²) in [5.74, 6) is -1.18. The highest BCUT2D eigenvalue weighted by atomic mass is 19.4. The molecular weight excluding hydrogens is 367 g/mol. The number of amides is 1. The number of H-pyrrole nitrogens is 1. The number of carboxylic acids is 1. The molecule has 0 unspecified atom stereocenters. The minimum absolute atomic E-state index is 0.175. The van der Waals surface area contributed by atoms with Gasteiger partial charge in [0.25, 0.3) is 5.91 Å². The predicted molar refractivity (Wildman–Crippen MR) is 89.3 cm³/mol. The normalized spacial score (nSPS) is 11.0. The summed E-state index contributed by atoms with van der Waals surface area (Å²) in [7, 11) is 0. The number of aryl methyl sites for hydroxylation is 1. The van der Waals surface area contributed by atoms with Crippen molar-refractivity contribution in [1.82, 2.24) is 15.5 Å². The summed E-state index contributed by atoms with van der Waals surface area (Å²) in [5, 5.41) is 17.7. The number of para-hydroxylation sites is 1. The van der Waals surface area contributed by atoms with Gasteiger partial charge < -0.3 is 14.8 Å². The molecule has 3 N–H and O–H groups in total. The number of alkyl halides is 3. The number of aliphatic carboxylic acids is 1. The molecule has 10 heteroatoms. The molecule has 1 aromatic carbocycles. The lowest BCUT2D eigenvalue weighted by Crippen LogP contribution is -2.26. The fraction of sp³-hybridized carbons (Fsp3) is 0.235. The zero-order valence-corrected chi connectivity index (χ0v) is 14.1. The molecule has 0 spiro atoms. The van der Waals surface area contributed by atoms with Crippen LogP contribution < -0.4 is 5.32 Å². The lowest BCUT2D eigenvalue weighted by molar-refractivity contribution is -0.192. The van der Waals surface area contributed by atoms with E-state index in [0.29, 0.717) is 18.7 Å². The molecule has 7 nitrogen and oxygen atoms in total. The number of aromatic nitrogens is 2. The first-order chi connectivity index (χ1) is 12.7. The van der Waals surface area contributed by atoms with Gasteiger partial charge >= 0.3 is 12.1 Å². The zero-order valence-electron chi connectivity index (χ0n) is 14.1. The van der Waals surface area contributed by atoms with Crippen LogP contribution in [0.4, 0.5) is 13.2 Å². The van der Waals surface area contributed by atoms with Gasteiger partial charge in [0.1, 0.15) is 11.5 Å². The second-order valence-electron chi connectivity index (χ2n) is 5.44. The van der Waals surface area contributed by atoms with E-state index in [-0.39, 0.29) is 5.91 Å². The fourth-order valence-corrected chi connectivity index (χ4v) is 2.14. The molecule has 3 aromatic rings. The molecule has 3 rings (SSSR count). The van der Waals surface area contributed by atoms with Crippen molar-refractivity contribution in [2.75, 3.05) is 6.54 Å². The molecule has 0 bridgehead atoms. The quantitative estimate of drug-likeness (QED) is 0.642. The average Bonchev–Trinajstić information content (AvgIpc) is 3.20. The number of aromatic amines is 1. The molecule has 0 radical (unpaired) electrons. The molecule has 2 heterocycles. The number of nitrogens with zero attached hydrogens (tertiary/aromatic N) is 1.